The molecule has 0 bridgehead atoms. The molecule has 11 heavy (non-hydrogen) atoms. The van der Waals surface area contributed by atoms with Gasteiger partial charge in [-0.2, -0.15) is 22.0 Å². The first-order chi connectivity index (χ1) is 4.73. The van der Waals surface area contributed by atoms with Crippen LogP contribution in [0.5, 0.6) is 0 Å². The number of rotatable bonds is 1. The molecule has 0 heterocycles. The highest BCUT2D eigenvalue weighted by Gasteiger charge is 2.65. The van der Waals surface area contributed by atoms with Gasteiger partial charge in [0.15, 0.2) is 16.3 Å². The molecule has 0 saturated heterocycles. The van der Waals surface area contributed by atoms with Crippen molar-refractivity contribution in [2.75, 3.05) is 0 Å². The predicted molar refractivity (Wildman–Crippen MR) is 26.0 cm³/mol. The van der Waals surface area contributed by atoms with Gasteiger partial charge in [0.1, 0.15) is 0 Å². The van der Waals surface area contributed by atoms with E-state index in [1.807, 2.05) is 0 Å². The fourth-order valence-electron chi connectivity index (χ4n) is 0.164. The topological polar surface area (TPSA) is 26.3 Å². The Morgan fingerprint density at radius 2 is 1.55 bits per heavy atom. The second-order valence-electron chi connectivity index (χ2n) is 1.44. The van der Waals surface area contributed by atoms with E-state index in [2.05, 4.69) is 3.83 Å². The van der Waals surface area contributed by atoms with Gasteiger partial charge in [0.25, 0.3) is 0 Å². The van der Waals surface area contributed by atoms with Gasteiger partial charge in [-0.15, -0.1) is 0 Å². The van der Waals surface area contributed by atoms with Crippen molar-refractivity contribution in [2.45, 2.75) is 12.1 Å². The fraction of sp³-hybridized carbons (Fsp3) is 0.667. The zero-order chi connectivity index (χ0) is 9.28. The molecule has 0 saturated carbocycles. The van der Waals surface area contributed by atoms with Crippen molar-refractivity contribution in [3.63, 3.8) is 0 Å². The quantitative estimate of drug-likeness (QED) is 0.658. The Labute approximate surface area is 65.8 Å². The Balaban J connectivity index is 4.59. The van der Waals surface area contributed by atoms with Gasteiger partial charge >= 0.3 is 18.1 Å². The van der Waals surface area contributed by atoms with E-state index in [1.54, 1.807) is 16.3 Å². The van der Waals surface area contributed by atoms with Crippen molar-refractivity contribution in [3.05, 3.63) is 0 Å². The molecule has 0 atom stereocenters. The monoisotopic (exact) mass is 242 g/mol. The summed E-state index contributed by atoms with van der Waals surface area (Å²) in [4.78, 5) is 9.74. The summed E-state index contributed by atoms with van der Waals surface area (Å²) in [7, 11) is 0. The molecule has 66 valence electrons. The van der Waals surface area contributed by atoms with Crippen LogP contribution in [0.25, 0.3) is 0 Å². The van der Waals surface area contributed by atoms with Crippen molar-refractivity contribution in [2.24, 2.45) is 0 Å². The highest BCUT2D eigenvalue weighted by Crippen LogP contribution is 2.36. The van der Waals surface area contributed by atoms with Crippen LogP contribution < -0.4 is 0 Å². The Bertz CT molecular complexity index is 164. The molecule has 0 aromatic heterocycles. The second-order valence-corrected chi connectivity index (χ2v) is 1.76. The van der Waals surface area contributed by atoms with Gasteiger partial charge in [-0.05, 0) is 0 Å². The van der Waals surface area contributed by atoms with E-state index in [4.69, 9.17) is 0 Å². The number of hydrogen-bond acceptors (Lipinski definition) is 2. The first-order valence-electron chi connectivity index (χ1n) is 2.01. The maximum absolute atomic E-state index is 11.7. The zero-order valence-electron chi connectivity index (χ0n) is 4.58. The largest absolute Gasteiger partial charge is 0.465 e. The maximum Gasteiger partial charge on any atom is 0.465 e. The molecule has 0 aromatic carbocycles. The number of carbonyl (C=O) groups is 1. The molecular formula is C3BrF5O2. The summed E-state index contributed by atoms with van der Waals surface area (Å²) in [6.07, 6.45) is -5.92. The van der Waals surface area contributed by atoms with Gasteiger partial charge < -0.3 is 3.83 Å². The van der Waals surface area contributed by atoms with Gasteiger partial charge in [-0.25, -0.2) is 4.79 Å². The van der Waals surface area contributed by atoms with Crippen LogP contribution >= 0.6 is 16.3 Å². The van der Waals surface area contributed by atoms with E-state index >= 15 is 0 Å². The van der Waals surface area contributed by atoms with Gasteiger partial charge in [-0.1, -0.05) is 0 Å². The molecule has 0 spiro atoms. The van der Waals surface area contributed by atoms with Crippen LogP contribution in [-0.4, -0.2) is 18.1 Å². The molecule has 8 heteroatoms. The van der Waals surface area contributed by atoms with Crippen LogP contribution in [0.1, 0.15) is 0 Å². The lowest BCUT2D eigenvalue weighted by Gasteiger charge is -2.14. The van der Waals surface area contributed by atoms with Crippen LogP contribution in [-0.2, 0) is 8.62 Å². The van der Waals surface area contributed by atoms with E-state index in [-0.39, 0.29) is 0 Å². The summed E-state index contributed by atoms with van der Waals surface area (Å²) in [5.74, 6) is -8.15. The third-order valence-electron chi connectivity index (χ3n) is 0.682. The van der Waals surface area contributed by atoms with Gasteiger partial charge in [0.2, 0.25) is 0 Å². The average molecular weight is 243 g/mol. The first-order valence-corrected chi connectivity index (χ1v) is 2.65. The highest BCUT2D eigenvalue weighted by atomic mass is 79.9. The molecule has 0 aromatic rings. The number of alkyl halides is 5. The van der Waals surface area contributed by atoms with E-state index < -0.39 is 18.1 Å². The number of hydrogen-bond donors (Lipinski definition) is 0. The molecule has 0 aliphatic heterocycles. The van der Waals surface area contributed by atoms with E-state index in [0.717, 1.165) is 0 Å². The number of halogens is 6. The van der Waals surface area contributed by atoms with Crippen LogP contribution in [0.4, 0.5) is 22.0 Å². The summed E-state index contributed by atoms with van der Waals surface area (Å²) in [5, 5.41) is 0. The van der Waals surface area contributed by atoms with Gasteiger partial charge in [0.05, 0.1) is 0 Å². The molecule has 0 radical (unpaired) electrons. The van der Waals surface area contributed by atoms with Crippen molar-refractivity contribution < 1.29 is 30.6 Å². The normalized spacial score (nSPS) is 12.9. The van der Waals surface area contributed by atoms with Crippen LogP contribution in [0.15, 0.2) is 0 Å². The van der Waals surface area contributed by atoms with Crippen LogP contribution in [0, 0.1) is 0 Å². The minimum Gasteiger partial charge on any atom is -0.379 e. The molecular weight excluding hydrogens is 243 g/mol. The smallest absolute Gasteiger partial charge is 0.379 e. The summed E-state index contributed by atoms with van der Waals surface area (Å²) in [5.41, 5.74) is 0. The van der Waals surface area contributed by atoms with Crippen molar-refractivity contribution in [3.8, 4) is 0 Å². The number of carbonyl (C=O) groups excluding carboxylic acids is 1. The Morgan fingerprint density at radius 3 is 1.64 bits per heavy atom. The minimum atomic E-state index is -5.92. The standard InChI is InChI=1S/C3BrF5O2/c4-11-1(10)2(5,6)3(7,8)9. The van der Waals surface area contributed by atoms with Gasteiger partial charge in [-0.3, -0.25) is 0 Å². The molecule has 0 rings (SSSR count). The van der Waals surface area contributed by atoms with E-state index in [1.165, 1.54) is 0 Å². The van der Waals surface area contributed by atoms with Crippen molar-refractivity contribution >= 4 is 22.2 Å². The SMILES string of the molecule is O=C(OBr)C(F)(F)C(F)(F)F. The molecule has 0 N–H and O–H groups in total. The Morgan fingerprint density at radius 1 is 1.18 bits per heavy atom. The molecule has 0 fully saturated rings. The van der Waals surface area contributed by atoms with Gasteiger partial charge in [0, 0.05) is 0 Å². The van der Waals surface area contributed by atoms with Crippen molar-refractivity contribution in [1.29, 1.82) is 0 Å². The van der Waals surface area contributed by atoms with Crippen molar-refractivity contribution in [1.82, 2.24) is 0 Å². The lowest BCUT2D eigenvalue weighted by Crippen LogP contribution is -2.44. The summed E-state index contributed by atoms with van der Waals surface area (Å²) < 4.78 is 60.0. The maximum atomic E-state index is 11.7. The third-order valence-corrected chi connectivity index (χ3v) is 0.976. The Kier molecular flexibility index (Phi) is 2.81. The lowest BCUT2D eigenvalue weighted by molar-refractivity contribution is -0.275. The Hall–Kier alpha value is -0.400. The average Bonchev–Trinajstić information content (AvgIpc) is 1.83. The summed E-state index contributed by atoms with van der Waals surface area (Å²) in [6, 6.07) is 0. The van der Waals surface area contributed by atoms with E-state index in [9.17, 15) is 26.7 Å². The molecule has 2 nitrogen and oxygen atoms in total. The molecule has 0 amide bonds. The molecule has 0 aliphatic carbocycles. The minimum absolute atomic E-state index is 1.71. The molecule has 0 aliphatic rings. The van der Waals surface area contributed by atoms with Crippen LogP contribution in [0.3, 0.4) is 0 Å². The molecule has 0 unspecified atom stereocenters. The fourth-order valence-corrected chi connectivity index (χ4v) is 0.367. The highest BCUT2D eigenvalue weighted by molar-refractivity contribution is 9.06. The van der Waals surface area contributed by atoms with Crippen LogP contribution in [0.2, 0.25) is 0 Å². The summed E-state index contributed by atoms with van der Waals surface area (Å²) >= 11 is 1.71. The summed E-state index contributed by atoms with van der Waals surface area (Å²) in [6.45, 7) is 0. The second kappa shape index (κ2) is 2.92. The van der Waals surface area contributed by atoms with E-state index in [0.29, 0.717) is 0 Å². The lowest BCUT2D eigenvalue weighted by atomic mass is 10.3. The third kappa shape index (κ3) is 2.01. The predicted octanol–water partition coefficient (Wildman–Crippen LogP) is 2.04. The zero-order valence-corrected chi connectivity index (χ0v) is 6.17. The first kappa shape index (κ1) is 10.6.